The zero-order valence-corrected chi connectivity index (χ0v) is 15.2. The van der Waals surface area contributed by atoms with Crippen molar-refractivity contribution < 1.29 is 13.2 Å². The normalized spacial score (nSPS) is 13.2. The molecule has 1 amide bonds. The van der Waals surface area contributed by atoms with Gasteiger partial charge in [-0.3, -0.25) is 4.79 Å². The summed E-state index contributed by atoms with van der Waals surface area (Å²) in [6, 6.07) is 3.42. The molecule has 0 fully saturated rings. The molecule has 0 spiro atoms. The molecule has 0 radical (unpaired) electrons. The molecule has 5 nitrogen and oxygen atoms in total. The number of anilines is 1. The van der Waals surface area contributed by atoms with Crippen molar-refractivity contribution in [2.24, 2.45) is 0 Å². The van der Waals surface area contributed by atoms with E-state index >= 15 is 0 Å². The molecule has 1 atom stereocenters. The number of sulfonamides is 1. The smallest absolute Gasteiger partial charge is 0.239 e. The first kappa shape index (κ1) is 18.9. The summed E-state index contributed by atoms with van der Waals surface area (Å²) in [6.07, 6.45) is 1.74. The van der Waals surface area contributed by atoms with Crippen LogP contribution in [0.2, 0.25) is 5.02 Å². The Balaban J connectivity index is 2.94. The van der Waals surface area contributed by atoms with E-state index in [0.29, 0.717) is 17.1 Å². The maximum Gasteiger partial charge on any atom is 0.239 e. The van der Waals surface area contributed by atoms with Crippen LogP contribution in [0.5, 0.6) is 0 Å². The Morgan fingerprint density at radius 1 is 1.36 bits per heavy atom. The fourth-order valence-electron chi connectivity index (χ4n) is 2.20. The zero-order chi connectivity index (χ0) is 17.1. The van der Waals surface area contributed by atoms with E-state index in [0.717, 1.165) is 17.4 Å². The first-order valence-electron chi connectivity index (χ1n) is 7.09. The number of hydrogen-bond donors (Lipinski definition) is 1. The van der Waals surface area contributed by atoms with Gasteiger partial charge in [0.2, 0.25) is 15.9 Å². The van der Waals surface area contributed by atoms with Gasteiger partial charge in [0.15, 0.2) is 0 Å². The predicted octanol–water partition coefficient (Wildman–Crippen LogP) is 2.96. The molecule has 0 saturated heterocycles. The Bertz CT molecular complexity index is 636. The minimum Gasteiger partial charge on any atom is -0.323 e. The van der Waals surface area contributed by atoms with Crippen LogP contribution in [0.4, 0.5) is 5.69 Å². The lowest BCUT2D eigenvalue weighted by molar-refractivity contribution is -0.116. The lowest BCUT2D eigenvalue weighted by Crippen LogP contribution is -2.42. The highest BCUT2D eigenvalue weighted by Crippen LogP contribution is 2.27. The molecule has 1 aromatic rings. The van der Waals surface area contributed by atoms with E-state index in [9.17, 15) is 13.2 Å². The second-order valence-electron chi connectivity index (χ2n) is 5.55. The van der Waals surface area contributed by atoms with Crippen LogP contribution in [0.1, 0.15) is 31.4 Å². The van der Waals surface area contributed by atoms with Crippen molar-refractivity contribution in [2.75, 3.05) is 18.1 Å². The van der Waals surface area contributed by atoms with Crippen molar-refractivity contribution in [3.8, 4) is 0 Å². The largest absolute Gasteiger partial charge is 0.323 e. The summed E-state index contributed by atoms with van der Waals surface area (Å²) in [6.45, 7) is 7.19. The van der Waals surface area contributed by atoms with Crippen molar-refractivity contribution in [3.63, 3.8) is 0 Å². The third kappa shape index (κ3) is 4.97. The fourth-order valence-corrected chi connectivity index (χ4v) is 3.72. The van der Waals surface area contributed by atoms with Crippen LogP contribution in [0.15, 0.2) is 12.1 Å². The number of carbonyl (C=O) groups excluding carboxylic acids is 1. The lowest BCUT2D eigenvalue weighted by atomic mass is 10.1. The quantitative estimate of drug-likeness (QED) is 0.861. The van der Waals surface area contributed by atoms with Crippen LogP contribution < -0.4 is 5.32 Å². The van der Waals surface area contributed by atoms with Gasteiger partial charge in [-0.25, -0.2) is 8.42 Å². The molecule has 0 saturated carbocycles. The SMILES string of the molecule is CCC(C)N(CC(=O)Nc1c(C)cc(C)cc1Cl)S(C)(=O)=O. The molecular formula is C15H23ClN2O3S. The minimum atomic E-state index is -3.45. The van der Waals surface area contributed by atoms with Gasteiger partial charge in [-0.1, -0.05) is 24.6 Å². The first-order valence-corrected chi connectivity index (χ1v) is 9.32. The summed E-state index contributed by atoms with van der Waals surface area (Å²) in [7, 11) is -3.45. The van der Waals surface area contributed by atoms with Crippen LogP contribution in [0.25, 0.3) is 0 Å². The molecule has 1 aromatic carbocycles. The van der Waals surface area contributed by atoms with E-state index in [4.69, 9.17) is 11.6 Å². The maximum atomic E-state index is 12.2. The zero-order valence-electron chi connectivity index (χ0n) is 13.6. The van der Waals surface area contributed by atoms with Crippen molar-refractivity contribution in [1.29, 1.82) is 0 Å². The van der Waals surface area contributed by atoms with E-state index in [1.165, 1.54) is 4.31 Å². The molecule has 7 heteroatoms. The van der Waals surface area contributed by atoms with E-state index in [1.807, 2.05) is 26.8 Å². The predicted molar refractivity (Wildman–Crippen MR) is 90.9 cm³/mol. The number of hydrogen-bond acceptors (Lipinski definition) is 3. The van der Waals surface area contributed by atoms with Crippen LogP contribution in [-0.2, 0) is 14.8 Å². The number of amides is 1. The molecule has 0 aliphatic rings. The highest BCUT2D eigenvalue weighted by molar-refractivity contribution is 7.88. The van der Waals surface area contributed by atoms with E-state index in [-0.39, 0.29) is 12.6 Å². The molecule has 124 valence electrons. The highest BCUT2D eigenvalue weighted by atomic mass is 35.5. The van der Waals surface area contributed by atoms with Gasteiger partial charge >= 0.3 is 0 Å². The fraction of sp³-hybridized carbons (Fsp3) is 0.533. The van der Waals surface area contributed by atoms with Gasteiger partial charge in [0.25, 0.3) is 0 Å². The number of benzene rings is 1. The van der Waals surface area contributed by atoms with Gasteiger partial charge in [0.1, 0.15) is 0 Å². The monoisotopic (exact) mass is 346 g/mol. The summed E-state index contributed by atoms with van der Waals surface area (Å²) in [5, 5.41) is 3.15. The second-order valence-corrected chi connectivity index (χ2v) is 7.89. The van der Waals surface area contributed by atoms with Crippen molar-refractivity contribution >= 4 is 33.2 Å². The Hall–Kier alpha value is -1.11. The molecule has 0 heterocycles. The molecule has 1 N–H and O–H groups in total. The molecule has 0 aromatic heterocycles. The van der Waals surface area contributed by atoms with Crippen LogP contribution >= 0.6 is 11.6 Å². The summed E-state index contributed by atoms with van der Waals surface area (Å²) in [5.74, 6) is -0.403. The number of carbonyl (C=O) groups is 1. The van der Waals surface area contributed by atoms with E-state index < -0.39 is 15.9 Å². The molecular weight excluding hydrogens is 324 g/mol. The minimum absolute atomic E-state index is 0.225. The summed E-state index contributed by atoms with van der Waals surface area (Å²) >= 11 is 6.15. The highest BCUT2D eigenvalue weighted by Gasteiger charge is 2.25. The first-order chi connectivity index (χ1) is 10.1. The standard InChI is InChI=1S/C15H23ClN2O3S/c1-6-12(4)18(22(5,20)21)9-14(19)17-15-11(3)7-10(2)8-13(15)16/h7-8,12H,6,9H2,1-5H3,(H,17,19). The van der Waals surface area contributed by atoms with Crippen LogP contribution in [-0.4, -0.2) is 37.5 Å². The summed E-state index contributed by atoms with van der Waals surface area (Å²) < 4.78 is 24.8. The molecule has 0 aliphatic heterocycles. The Kier molecular flexibility index (Phi) is 6.40. The molecule has 0 aliphatic carbocycles. The second kappa shape index (κ2) is 7.44. The van der Waals surface area contributed by atoms with Gasteiger partial charge in [-0.2, -0.15) is 4.31 Å². The van der Waals surface area contributed by atoms with Gasteiger partial charge in [-0.15, -0.1) is 0 Å². The summed E-state index contributed by atoms with van der Waals surface area (Å²) in [5.41, 5.74) is 2.36. The number of nitrogens with zero attached hydrogens (tertiary/aromatic N) is 1. The number of rotatable bonds is 6. The summed E-state index contributed by atoms with van der Waals surface area (Å²) in [4.78, 5) is 12.2. The van der Waals surface area contributed by atoms with Gasteiger partial charge in [0, 0.05) is 6.04 Å². The molecule has 22 heavy (non-hydrogen) atoms. The van der Waals surface area contributed by atoms with Crippen molar-refractivity contribution in [2.45, 2.75) is 40.2 Å². The van der Waals surface area contributed by atoms with Crippen molar-refractivity contribution in [1.82, 2.24) is 4.31 Å². The van der Waals surface area contributed by atoms with Gasteiger partial charge in [-0.05, 0) is 44.4 Å². The number of halogens is 1. The average molecular weight is 347 g/mol. The van der Waals surface area contributed by atoms with Gasteiger partial charge < -0.3 is 5.32 Å². The van der Waals surface area contributed by atoms with Gasteiger partial charge in [0.05, 0.1) is 23.5 Å². The van der Waals surface area contributed by atoms with Crippen LogP contribution in [0.3, 0.4) is 0 Å². The van der Waals surface area contributed by atoms with Crippen molar-refractivity contribution in [3.05, 3.63) is 28.3 Å². The maximum absolute atomic E-state index is 12.2. The Morgan fingerprint density at radius 3 is 2.41 bits per heavy atom. The average Bonchev–Trinajstić information content (AvgIpc) is 2.38. The molecule has 1 unspecified atom stereocenters. The third-order valence-corrected chi connectivity index (χ3v) is 5.14. The third-order valence-electron chi connectivity index (χ3n) is 3.50. The number of nitrogens with one attached hydrogen (secondary N) is 1. The topological polar surface area (TPSA) is 66.5 Å². The van der Waals surface area contributed by atoms with E-state index in [1.54, 1.807) is 13.0 Å². The molecule has 1 rings (SSSR count). The van der Waals surface area contributed by atoms with Crippen LogP contribution in [0, 0.1) is 13.8 Å². The molecule has 0 bridgehead atoms. The van der Waals surface area contributed by atoms with E-state index in [2.05, 4.69) is 5.32 Å². The Labute approximate surface area is 137 Å². The Morgan fingerprint density at radius 2 is 1.95 bits per heavy atom. The number of aryl methyl sites for hydroxylation is 2. The lowest BCUT2D eigenvalue weighted by Gasteiger charge is -2.25.